The fourth-order valence-electron chi connectivity index (χ4n) is 4.14. The maximum Gasteiger partial charge on any atom is 1.00 e. The Morgan fingerprint density at radius 1 is 0.680 bits per heavy atom. The van der Waals surface area contributed by atoms with Crippen molar-refractivity contribution in [2.24, 2.45) is 0 Å². The Morgan fingerprint density at radius 2 is 1.12 bits per heavy atom. The molecule has 6 aromatic rings. The number of nitrogens with one attached hydrogen (secondary N) is 2. The summed E-state index contributed by atoms with van der Waals surface area (Å²) in [6.45, 7) is 2.18. The molecule has 6 aromatic heterocycles. The van der Waals surface area contributed by atoms with Crippen LogP contribution in [0.2, 0.25) is 0 Å². The number of aromatic nitrogens is 8. The van der Waals surface area contributed by atoms with Gasteiger partial charge in [-0.25, -0.2) is 29.9 Å². The summed E-state index contributed by atoms with van der Waals surface area (Å²) in [6.07, 6.45) is 11.3. The van der Waals surface area contributed by atoms with Crippen molar-refractivity contribution in [3.8, 4) is 22.8 Å². The van der Waals surface area contributed by atoms with Gasteiger partial charge in [-0.2, -0.15) is 0 Å². The molecule has 18 heteroatoms. The molecule has 15 nitrogen and oxygen atoms in total. The topological polar surface area (TPSA) is 221 Å². The molecule has 0 bridgehead atoms. The number of esters is 1. The molecule has 0 saturated heterocycles. The van der Waals surface area contributed by atoms with E-state index in [1.807, 2.05) is 36.4 Å². The number of ether oxygens (including phenoxy) is 1. The first-order valence-electron chi connectivity index (χ1n) is 14.8. The minimum Gasteiger partial charge on any atom is -0.870 e. The van der Waals surface area contributed by atoms with Crippen LogP contribution in [0, 0.1) is 0 Å². The van der Waals surface area contributed by atoms with Gasteiger partial charge in [-0.1, -0.05) is 12.1 Å². The zero-order valence-electron chi connectivity index (χ0n) is 27.1. The first-order chi connectivity index (χ1) is 23.5. The standard InChI is InChI=1S/C17H17N5O2S.C15H13N5O2S.Na.H2O/c1-2-24-14(23)8-7-13-15(12-6-3-4-9-18-12)21-17(25-13)22-16-19-10-5-11-20-16;21-12(22)6-5-11-13(10-4-1-2-7-16-10)19-15(23-11)20-14-17-8-3-9-18-14;;/h3-6,9-11H,2,7-8H2,1H3,(H,19,20,21,22);1-4,7-9H,5-6H2,(H,21,22)(H,17,18,19,20);;1H2/q;;+1;/p-1. The molecule has 0 aromatic carbocycles. The Balaban J connectivity index is 0.000000261. The predicted octanol–water partition coefficient (Wildman–Crippen LogP) is 2.82. The van der Waals surface area contributed by atoms with Gasteiger partial charge in [-0.3, -0.25) is 19.6 Å². The van der Waals surface area contributed by atoms with Crippen LogP contribution in [0.1, 0.15) is 29.5 Å². The molecule has 0 saturated carbocycles. The van der Waals surface area contributed by atoms with Crippen LogP contribution in [0.25, 0.3) is 22.8 Å². The molecular weight excluding hydrogens is 692 g/mol. The predicted molar refractivity (Wildman–Crippen MR) is 184 cm³/mol. The Morgan fingerprint density at radius 3 is 1.52 bits per heavy atom. The number of carbonyl (C=O) groups excluding carboxylic acids is 1. The molecule has 6 heterocycles. The number of carboxylic acid groups (broad SMARTS) is 1. The Bertz CT molecular complexity index is 1900. The maximum atomic E-state index is 11.7. The van der Waals surface area contributed by atoms with Crippen molar-refractivity contribution < 1.29 is 54.5 Å². The molecule has 50 heavy (non-hydrogen) atoms. The van der Waals surface area contributed by atoms with Gasteiger partial charge in [-0.05, 0) is 56.2 Å². The van der Waals surface area contributed by atoms with Gasteiger partial charge >= 0.3 is 41.5 Å². The summed E-state index contributed by atoms with van der Waals surface area (Å²) in [5.74, 6) is -0.144. The first-order valence-corrected chi connectivity index (χ1v) is 16.4. The number of aryl methyl sites for hydroxylation is 2. The number of pyridine rings is 2. The number of carboxylic acids is 1. The number of carbonyl (C=O) groups is 2. The van der Waals surface area contributed by atoms with Crippen molar-refractivity contribution in [1.29, 1.82) is 0 Å². The van der Waals surface area contributed by atoms with E-state index in [1.165, 1.54) is 22.7 Å². The third-order valence-electron chi connectivity index (χ3n) is 6.21. The number of aliphatic carboxylic acids is 1. The smallest absolute Gasteiger partial charge is 0.870 e. The molecule has 0 unspecified atom stereocenters. The van der Waals surface area contributed by atoms with Crippen LogP contribution in [-0.2, 0) is 27.2 Å². The van der Waals surface area contributed by atoms with E-state index in [0.29, 0.717) is 59.4 Å². The number of anilines is 4. The minimum absolute atomic E-state index is 0. The molecule has 0 spiro atoms. The van der Waals surface area contributed by atoms with Gasteiger partial charge in [0.15, 0.2) is 10.3 Å². The van der Waals surface area contributed by atoms with Gasteiger partial charge < -0.3 is 26.0 Å². The van der Waals surface area contributed by atoms with Crippen molar-refractivity contribution in [3.63, 3.8) is 0 Å². The zero-order valence-corrected chi connectivity index (χ0v) is 30.8. The Labute approximate surface area is 317 Å². The van der Waals surface area contributed by atoms with Crippen molar-refractivity contribution >= 4 is 56.8 Å². The SMILES string of the molecule is CCOC(=O)CCc1sc(Nc2ncccn2)nc1-c1ccccn1.O=C(O)CCc1sc(Nc2ncccn2)nc1-c1ccccn1.[Na+].[OH-]. The van der Waals surface area contributed by atoms with Crippen molar-refractivity contribution in [1.82, 2.24) is 39.9 Å². The summed E-state index contributed by atoms with van der Waals surface area (Å²) in [6, 6.07) is 14.7. The summed E-state index contributed by atoms with van der Waals surface area (Å²) >= 11 is 2.84. The summed E-state index contributed by atoms with van der Waals surface area (Å²) in [5.41, 5.74) is 2.93. The van der Waals surface area contributed by atoms with Gasteiger partial charge in [0.05, 0.1) is 30.8 Å². The van der Waals surface area contributed by atoms with Crippen LogP contribution in [0.15, 0.2) is 85.7 Å². The average molecular weight is 723 g/mol. The van der Waals surface area contributed by atoms with Crippen LogP contribution in [-0.4, -0.2) is 69.0 Å². The van der Waals surface area contributed by atoms with Crippen LogP contribution in [0.4, 0.5) is 22.2 Å². The third kappa shape index (κ3) is 12.0. The maximum absolute atomic E-state index is 11.7. The van der Waals surface area contributed by atoms with Crippen LogP contribution >= 0.6 is 22.7 Å². The molecule has 0 aliphatic rings. The van der Waals surface area contributed by atoms with Gasteiger partial charge in [0.2, 0.25) is 11.9 Å². The van der Waals surface area contributed by atoms with Crippen LogP contribution < -0.4 is 40.2 Å². The summed E-state index contributed by atoms with van der Waals surface area (Å²) in [5, 5.41) is 16.3. The van der Waals surface area contributed by atoms with E-state index in [2.05, 4.69) is 50.5 Å². The van der Waals surface area contributed by atoms with E-state index < -0.39 is 5.97 Å². The van der Waals surface area contributed by atoms with Crippen LogP contribution in [0.5, 0.6) is 0 Å². The summed E-state index contributed by atoms with van der Waals surface area (Å²) in [4.78, 5) is 58.6. The molecule has 0 amide bonds. The average Bonchev–Trinajstić information content (AvgIpc) is 3.72. The molecule has 0 aliphatic carbocycles. The van der Waals surface area contributed by atoms with Crippen molar-refractivity contribution in [3.05, 3.63) is 95.5 Å². The molecule has 0 fully saturated rings. The number of hydrogen-bond acceptors (Lipinski definition) is 16. The largest absolute Gasteiger partial charge is 1.00 e. The molecule has 0 atom stereocenters. The third-order valence-corrected chi connectivity index (χ3v) is 8.27. The number of hydrogen-bond donors (Lipinski definition) is 3. The Kier molecular flexibility index (Phi) is 16.4. The minimum atomic E-state index is -0.841. The van der Waals surface area contributed by atoms with Gasteiger partial charge in [0, 0.05) is 46.9 Å². The fourth-order valence-corrected chi connectivity index (χ4v) is 6.07. The van der Waals surface area contributed by atoms with Gasteiger partial charge in [-0.15, -0.1) is 22.7 Å². The van der Waals surface area contributed by atoms with E-state index in [-0.39, 0.29) is 47.4 Å². The van der Waals surface area contributed by atoms with Gasteiger partial charge in [0.25, 0.3) is 0 Å². The van der Waals surface area contributed by atoms with Crippen molar-refractivity contribution in [2.45, 2.75) is 32.6 Å². The molecule has 6 rings (SSSR count). The quantitative estimate of drug-likeness (QED) is 0.115. The first kappa shape index (κ1) is 39.7. The molecule has 252 valence electrons. The molecule has 0 radical (unpaired) electrons. The van der Waals surface area contributed by atoms with E-state index in [0.717, 1.165) is 21.1 Å². The molecule has 4 N–H and O–H groups in total. The van der Waals surface area contributed by atoms with Gasteiger partial charge in [0.1, 0.15) is 11.4 Å². The normalized spacial score (nSPS) is 10.0. The monoisotopic (exact) mass is 722 g/mol. The second kappa shape index (κ2) is 20.7. The molecule has 0 aliphatic heterocycles. The second-order valence-corrected chi connectivity index (χ2v) is 11.8. The van der Waals surface area contributed by atoms with E-state index in [4.69, 9.17) is 9.84 Å². The number of nitrogens with zero attached hydrogens (tertiary/aromatic N) is 8. The van der Waals surface area contributed by atoms with E-state index in [1.54, 1.807) is 56.2 Å². The molecular formula is C32H31N10NaO5S2. The number of thiazole rings is 2. The summed E-state index contributed by atoms with van der Waals surface area (Å²) < 4.78 is 5.01. The van der Waals surface area contributed by atoms with E-state index in [9.17, 15) is 9.59 Å². The van der Waals surface area contributed by atoms with Crippen molar-refractivity contribution in [2.75, 3.05) is 17.2 Å². The van der Waals surface area contributed by atoms with Crippen LogP contribution in [0.3, 0.4) is 0 Å². The Hall–Kier alpha value is -4.78. The second-order valence-electron chi connectivity index (χ2n) is 9.61. The van der Waals surface area contributed by atoms with E-state index >= 15 is 0 Å². The fraction of sp³-hybridized carbons (Fsp3) is 0.188. The summed E-state index contributed by atoms with van der Waals surface area (Å²) in [7, 11) is 0. The zero-order chi connectivity index (χ0) is 33.6. The number of rotatable bonds is 13.